The van der Waals surface area contributed by atoms with Crippen molar-refractivity contribution in [2.45, 2.75) is 6.54 Å². The molecule has 1 fully saturated rings. The van der Waals surface area contributed by atoms with Gasteiger partial charge in [-0.3, -0.25) is 4.90 Å². The van der Waals surface area contributed by atoms with Crippen molar-refractivity contribution in [1.82, 2.24) is 15.1 Å². The van der Waals surface area contributed by atoms with Crippen LogP contribution in [0.4, 0.5) is 0 Å². The van der Waals surface area contributed by atoms with E-state index in [1.165, 1.54) is 5.56 Å². The van der Waals surface area contributed by atoms with Gasteiger partial charge < -0.3 is 10.2 Å². The van der Waals surface area contributed by atoms with Gasteiger partial charge in [0.15, 0.2) is 5.03 Å². The number of nitrogens with one attached hydrogen (secondary N) is 1. The minimum absolute atomic E-state index is 0.296. The second kappa shape index (κ2) is 5.46. The molecule has 0 aliphatic carbocycles. The van der Waals surface area contributed by atoms with Crippen LogP contribution in [0.15, 0.2) is 35.4 Å². The number of nitro groups is 1. The minimum Gasteiger partial charge on any atom is -0.338 e. The van der Waals surface area contributed by atoms with Crippen LogP contribution in [0.1, 0.15) is 5.56 Å². The van der Waals surface area contributed by atoms with Gasteiger partial charge in [-0.25, -0.2) is 10.1 Å². The quantitative estimate of drug-likeness (QED) is 0.623. The van der Waals surface area contributed by atoms with Gasteiger partial charge >= 0.3 is 0 Å². The van der Waals surface area contributed by atoms with Gasteiger partial charge in [0.1, 0.15) is 5.10 Å². The molecule has 0 aromatic heterocycles. The monoisotopic (exact) mass is 249 g/mol. The van der Waals surface area contributed by atoms with Crippen molar-refractivity contribution in [3.63, 3.8) is 0 Å². The Hall–Kier alpha value is -2.15. The molecular formula is C11H15N5O2. The second-order valence-electron chi connectivity index (χ2n) is 4.15. The number of nitrogens with zero attached hydrogens (tertiary/aromatic N) is 4. The number of hydrazone groups is 1. The number of benzene rings is 1. The van der Waals surface area contributed by atoms with E-state index in [0.717, 1.165) is 6.54 Å². The van der Waals surface area contributed by atoms with E-state index in [9.17, 15) is 10.1 Å². The van der Waals surface area contributed by atoms with Gasteiger partial charge in [0.2, 0.25) is 0 Å². The molecule has 1 saturated heterocycles. The van der Waals surface area contributed by atoms with Crippen LogP contribution >= 0.6 is 0 Å². The Bertz CT molecular complexity index is 448. The number of rotatable bonds is 3. The fraction of sp³-hybridized carbons (Fsp3) is 0.364. The lowest BCUT2D eigenvalue weighted by molar-refractivity contribution is -0.486. The van der Waals surface area contributed by atoms with Gasteiger partial charge in [0.25, 0.3) is 5.96 Å². The molecule has 2 rings (SSSR count). The molecule has 0 spiro atoms. The SMILES string of the molecule is CN1CN(Cc2ccccc2)CN/C1=N/[N+](=O)[O-]. The van der Waals surface area contributed by atoms with Crippen LogP contribution in [0, 0.1) is 10.1 Å². The van der Waals surface area contributed by atoms with E-state index in [1.54, 1.807) is 11.9 Å². The van der Waals surface area contributed by atoms with Crippen LogP contribution in [0.25, 0.3) is 0 Å². The van der Waals surface area contributed by atoms with Crippen molar-refractivity contribution in [1.29, 1.82) is 0 Å². The maximum atomic E-state index is 10.3. The van der Waals surface area contributed by atoms with Crippen molar-refractivity contribution < 1.29 is 5.03 Å². The third-order valence-electron chi connectivity index (χ3n) is 2.66. The van der Waals surface area contributed by atoms with E-state index >= 15 is 0 Å². The molecule has 1 aromatic carbocycles. The number of guanidine groups is 1. The third kappa shape index (κ3) is 3.17. The number of hydrogen-bond donors (Lipinski definition) is 1. The summed E-state index contributed by atoms with van der Waals surface area (Å²) in [7, 11) is 1.77. The van der Waals surface area contributed by atoms with E-state index in [2.05, 4.69) is 27.5 Å². The smallest absolute Gasteiger partial charge is 0.273 e. The summed E-state index contributed by atoms with van der Waals surface area (Å²) in [6, 6.07) is 10.1. The molecule has 96 valence electrons. The summed E-state index contributed by atoms with van der Waals surface area (Å²) in [5.74, 6) is 0.296. The van der Waals surface area contributed by atoms with Gasteiger partial charge in [-0.15, -0.1) is 0 Å². The topological polar surface area (TPSA) is 74.0 Å². The summed E-state index contributed by atoms with van der Waals surface area (Å²) in [6.07, 6.45) is 0. The fourth-order valence-electron chi connectivity index (χ4n) is 1.87. The van der Waals surface area contributed by atoms with Gasteiger partial charge in [0.05, 0.1) is 13.3 Å². The summed E-state index contributed by atoms with van der Waals surface area (Å²) in [6.45, 7) is 1.95. The maximum Gasteiger partial charge on any atom is 0.273 e. The fourth-order valence-corrected chi connectivity index (χ4v) is 1.87. The van der Waals surface area contributed by atoms with Crippen LogP contribution < -0.4 is 5.32 Å². The first-order valence-electron chi connectivity index (χ1n) is 5.59. The third-order valence-corrected chi connectivity index (χ3v) is 2.66. The molecule has 0 radical (unpaired) electrons. The molecule has 0 amide bonds. The molecule has 0 saturated carbocycles. The molecule has 1 heterocycles. The molecule has 0 unspecified atom stereocenters. The summed E-state index contributed by atoms with van der Waals surface area (Å²) in [5, 5.41) is 15.9. The van der Waals surface area contributed by atoms with E-state index < -0.39 is 5.03 Å². The molecular weight excluding hydrogens is 234 g/mol. The summed E-state index contributed by atoms with van der Waals surface area (Å²) >= 11 is 0. The first-order valence-corrected chi connectivity index (χ1v) is 5.59. The van der Waals surface area contributed by atoms with E-state index in [1.807, 2.05) is 18.2 Å². The van der Waals surface area contributed by atoms with Crippen molar-refractivity contribution in [3.05, 3.63) is 46.0 Å². The van der Waals surface area contributed by atoms with Crippen molar-refractivity contribution in [2.24, 2.45) is 5.10 Å². The Labute approximate surface area is 105 Å². The molecule has 7 nitrogen and oxygen atoms in total. The van der Waals surface area contributed by atoms with Gasteiger partial charge in [0, 0.05) is 13.6 Å². The first-order chi connectivity index (χ1) is 8.65. The van der Waals surface area contributed by atoms with Crippen LogP contribution in [0.3, 0.4) is 0 Å². The first kappa shape index (κ1) is 12.3. The highest BCUT2D eigenvalue weighted by Crippen LogP contribution is 2.06. The molecule has 7 heteroatoms. The molecule has 1 N–H and O–H groups in total. The Morgan fingerprint density at radius 1 is 1.44 bits per heavy atom. The highest BCUT2D eigenvalue weighted by atomic mass is 16.7. The van der Waals surface area contributed by atoms with Crippen LogP contribution in [-0.2, 0) is 6.54 Å². The van der Waals surface area contributed by atoms with Crippen molar-refractivity contribution in [2.75, 3.05) is 20.4 Å². The average Bonchev–Trinajstić information content (AvgIpc) is 2.33. The molecule has 1 aromatic rings. The largest absolute Gasteiger partial charge is 0.338 e. The average molecular weight is 249 g/mol. The van der Waals surface area contributed by atoms with Gasteiger partial charge in [-0.2, -0.15) is 0 Å². The highest BCUT2D eigenvalue weighted by Gasteiger charge is 2.21. The van der Waals surface area contributed by atoms with Crippen LogP contribution in [0.5, 0.6) is 0 Å². The zero-order valence-electron chi connectivity index (χ0n) is 10.1. The lowest BCUT2D eigenvalue weighted by Gasteiger charge is -2.34. The highest BCUT2D eigenvalue weighted by molar-refractivity contribution is 5.79. The van der Waals surface area contributed by atoms with Crippen LogP contribution in [0.2, 0.25) is 0 Å². The zero-order chi connectivity index (χ0) is 13.0. The molecule has 1 aliphatic rings. The van der Waals surface area contributed by atoms with Gasteiger partial charge in [-0.1, -0.05) is 30.3 Å². The van der Waals surface area contributed by atoms with Crippen LogP contribution in [-0.4, -0.2) is 41.2 Å². The normalized spacial score (nSPS) is 18.7. The van der Waals surface area contributed by atoms with E-state index in [4.69, 9.17) is 0 Å². The van der Waals surface area contributed by atoms with Crippen molar-refractivity contribution >= 4 is 5.96 Å². The predicted molar refractivity (Wildman–Crippen MR) is 67.0 cm³/mol. The lowest BCUT2D eigenvalue weighted by Crippen LogP contribution is -2.55. The Kier molecular flexibility index (Phi) is 3.73. The molecule has 18 heavy (non-hydrogen) atoms. The molecule has 0 bridgehead atoms. The Morgan fingerprint density at radius 2 is 2.17 bits per heavy atom. The Morgan fingerprint density at radius 3 is 2.78 bits per heavy atom. The molecule has 0 atom stereocenters. The number of hydrogen-bond acceptors (Lipinski definition) is 3. The van der Waals surface area contributed by atoms with Gasteiger partial charge in [-0.05, 0) is 5.56 Å². The van der Waals surface area contributed by atoms with Crippen molar-refractivity contribution in [3.8, 4) is 0 Å². The summed E-state index contributed by atoms with van der Waals surface area (Å²) in [5.41, 5.74) is 1.21. The zero-order valence-corrected chi connectivity index (χ0v) is 10.1. The predicted octanol–water partition coefficient (Wildman–Crippen LogP) is 0.486. The second-order valence-corrected chi connectivity index (χ2v) is 4.15. The van der Waals surface area contributed by atoms with E-state index in [0.29, 0.717) is 19.3 Å². The summed E-state index contributed by atoms with van der Waals surface area (Å²) < 4.78 is 0. The lowest BCUT2D eigenvalue weighted by atomic mass is 10.2. The summed E-state index contributed by atoms with van der Waals surface area (Å²) in [4.78, 5) is 14.2. The van der Waals surface area contributed by atoms with E-state index in [-0.39, 0.29) is 0 Å². The minimum atomic E-state index is -0.689. The standard InChI is InChI=1S/C11H15N5O2/c1-14-9-15(7-10-5-3-2-4-6-10)8-12-11(14)13-16(17)18/h2-6H,7-9H2,1H3,(H,12,13). The maximum absolute atomic E-state index is 10.3. The Balaban J connectivity index is 1.94. The molecule has 1 aliphatic heterocycles.